The molecule has 1 N–H and O–H groups in total. The number of ether oxygens (including phenoxy) is 1. The van der Waals surface area contributed by atoms with E-state index >= 15 is 0 Å². The standard InChI is InChI=1S/C27H36N4O2S/c1-17(2)15-31-26(21(7)33-24-11-9-8-10-22(24)18(3)4)29-30-27(31)34-16-25(32)28-23-13-12-19(5)14-20(23)6/h8-14,17-18,21H,15-16H2,1-7H3,(H,28,32). The second-order valence-corrected chi connectivity index (χ2v) is 10.4. The molecular formula is C27H36N4O2S. The normalized spacial score (nSPS) is 12.3. The van der Waals surface area contributed by atoms with Gasteiger partial charge in [0.1, 0.15) is 5.75 Å². The number of nitrogens with one attached hydrogen (secondary N) is 1. The lowest BCUT2D eigenvalue weighted by Gasteiger charge is -2.20. The number of thioether (sulfide) groups is 1. The highest BCUT2D eigenvalue weighted by molar-refractivity contribution is 7.99. The zero-order chi connectivity index (χ0) is 24.8. The minimum absolute atomic E-state index is 0.0623. The first-order chi connectivity index (χ1) is 16.2. The molecule has 3 rings (SSSR count). The highest BCUT2D eigenvalue weighted by atomic mass is 32.2. The van der Waals surface area contributed by atoms with Gasteiger partial charge in [-0.15, -0.1) is 10.2 Å². The second kappa shape index (κ2) is 11.6. The Balaban J connectivity index is 1.74. The number of rotatable bonds is 10. The zero-order valence-corrected chi connectivity index (χ0v) is 22.1. The summed E-state index contributed by atoms with van der Waals surface area (Å²) in [4.78, 5) is 12.6. The third kappa shape index (κ3) is 6.63. The predicted molar refractivity (Wildman–Crippen MR) is 140 cm³/mol. The Hall–Kier alpha value is -2.80. The summed E-state index contributed by atoms with van der Waals surface area (Å²) in [6.45, 7) is 15.4. The lowest BCUT2D eigenvalue weighted by Crippen LogP contribution is -2.17. The van der Waals surface area contributed by atoms with Crippen LogP contribution in [-0.4, -0.2) is 26.4 Å². The summed E-state index contributed by atoms with van der Waals surface area (Å²) in [7, 11) is 0. The number of carbonyl (C=O) groups is 1. The lowest BCUT2D eigenvalue weighted by molar-refractivity contribution is -0.113. The van der Waals surface area contributed by atoms with E-state index in [1.807, 2.05) is 51.1 Å². The van der Waals surface area contributed by atoms with Gasteiger partial charge >= 0.3 is 0 Å². The van der Waals surface area contributed by atoms with E-state index in [1.165, 1.54) is 22.9 Å². The number of carbonyl (C=O) groups excluding carboxylic acids is 1. The maximum Gasteiger partial charge on any atom is 0.234 e. The molecule has 1 amide bonds. The van der Waals surface area contributed by atoms with Gasteiger partial charge in [0, 0.05) is 12.2 Å². The number of hydrogen-bond acceptors (Lipinski definition) is 5. The fourth-order valence-corrected chi connectivity index (χ4v) is 4.58. The number of benzene rings is 2. The van der Waals surface area contributed by atoms with E-state index in [-0.39, 0.29) is 17.8 Å². The van der Waals surface area contributed by atoms with Gasteiger partial charge in [-0.05, 0) is 55.9 Å². The highest BCUT2D eigenvalue weighted by Crippen LogP contribution is 2.31. The summed E-state index contributed by atoms with van der Waals surface area (Å²) in [5.41, 5.74) is 4.23. The first-order valence-electron chi connectivity index (χ1n) is 11.8. The molecule has 0 aliphatic rings. The molecule has 0 spiro atoms. The van der Waals surface area contributed by atoms with Gasteiger partial charge in [-0.3, -0.25) is 4.79 Å². The van der Waals surface area contributed by atoms with Gasteiger partial charge < -0.3 is 14.6 Å². The van der Waals surface area contributed by atoms with E-state index in [4.69, 9.17) is 4.74 Å². The highest BCUT2D eigenvalue weighted by Gasteiger charge is 2.22. The van der Waals surface area contributed by atoms with Crippen LogP contribution < -0.4 is 10.1 Å². The fourth-order valence-electron chi connectivity index (χ4n) is 3.82. The molecule has 1 unspecified atom stereocenters. The smallest absolute Gasteiger partial charge is 0.234 e. The number of nitrogens with zero attached hydrogens (tertiary/aromatic N) is 3. The Kier molecular flexibility index (Phi) is 8.78. The molecular weight excluding hydrogens is 444 g/mol. The van der Waals surface area contributed by atoms with Crippen molar-refractivity contribution in [1.82, 2.24) is 14.8 Å². The van der Waals surface area contributed by atoms with Crippen LogP contribution in [0.3, 0.4) is 0 Å². The summed E-state index contributed by atoms with van der Waals surface area (Å²) in [5, 5.41) is 12.6. The van der Waals surface area contributed by atoms with Crippen molar-refractivity contribution in [2.24, 2.45) is 5.92 Å². The number of aryl methyl sites for hydroxylation is 2. The summed E-state index contributed by atoms with van der Waals surface area (Å²) in [5.74, 6) is 2.59. The van der Waals surface area contributed by atoms with Crippen molar-refractivity contribution >= 4 is 23.4 Å². The minimum Gasteiger partial charge on any atom is -0.482 e. The second-order valence-electron chi connectivity index (χ2n) is 9.45. The van der Waals surface area contributed by atoms with Crippen LogP contribution in [0.5, 0.6) is 5.75 Å². The van der Waals surface area contributed by atoms with Crippen LogP contribution in [0.2, 0.25) is 0 Å². The van der Waals surface area contributed by atoms with Gasteiger partial charge in [0.05, 0.1) is 5.75 Å². The SMILES string of the molecule is Cc1ccc(NC(=O)CSc2nnc(C(C)Oc3ccccc3C(C)C)n2CC(C)C)c(C)c1. The summed E-state index contributed by atoms with van der Waals surface area (Å²) in [6, 6.07) is 14.1. The number of amides is 1. The van der Waals surface area contributed by atoms with E-state index in [0.29, 0.717) is 11.8 Å². The van der Waals surface area contributed by atoms with Crippen LogP contribution in [0.25, 0.3) is 0 Å². The van der Waals surface area contributed by atoms with Crippen LogP contribution in [0.4, 0.5) is 5.69 Å². The molecule has 2 aromatic carbocycles. The largest absolute Gasteiger partial charge is 0.482 e. The average Bonchev–Trinajstić information content (AvgIpc) is 3.16. The minimum atomic E-state index is -0.274. The lowest BCUT2D eigenvalue weighted by atomic mass is 10.0. The Labute approximate surface area is 207 Å². The number of anilines is 1. The third-order valence-corrected chi connectivity index (χ3v) is 6.46. The Morgan fingerprint density at radius 3 is 2.47 bits per heavy atom. The first-order valence-corrected chi connectivity index (χ1v) is 12.8. The van der Waals surface area contributed by atoms with Gasteiger partial charge in [0.2, 0.25) is 5.91 Å². The van der Waals surface area contributed by atoms with Gasteiger partial charge in [0.15, 0.2) is 17.1 Å². The molecule has 0 aliphatic carbocycles. The molecule has 34 heavy (non-hydrogen) atoms. The van der Waals surface area contributed by atoms with Crippen molar-refractivity contribution in [3.8, 4) is 5.75 Å². The van der Waals surface area contributed by atoms with Crippen molar-refractivity contribution in [2.45, 2.75) is 72.2 Å². The summed E-state index contributed by atoms with van der Waals surface area (Å²) in [6.07, 6.45) is -0.274. The molecule has 0 radical (unpaired) electrons. The van der Waals surface area contributed by atoms with E-state index in [0.717, 1.165) is 34.5 Å². The topological polar surface area (TPSA) is 69.0 Å². The Morgan fingerprint density at radius 1 is 1.06 bits per heavy atom. The fraction of sp³-hybridized carbons (Fsp3) is 0.444. The van der Waals surface area contributed by atoms with E-state index in [1.54, 1.807) is 0 Å². The van der Waals surface area contributed by atoms with E-state index in [2.05, 4.69) is 59.9 Å². The van der Waals surface area contributed by atoms with Gasteiger partial charge in [-0.1, -0.05) is 75.4 Å². The number of hydrogen-bond donors (Lipinski definition) is 1. The Morgan fingerprint density at radius 2 is 1.79 bits per heavy atom. The average molecular weight is 481 g/mol. The monoisotopic (exact) mass is 480 g/mol. The van der Waals surface area contributed by atoms with Crippen LogP contribution in [0, 0.1) is 19.8 Å². The molecule has 1 aromatic heterocycles. The van der Waals surface area contributed by atoms with Gasteiger partial charge in [0.25, 0.3) is 0 Å². The van der Waals surface area contributed by atoms with Crippen LogP contribution in [0.1, 0.15) is 69.2 Å². The zero-order valence-electron chi connectivity index (χ0n) is 21.3. The van der Waals surface area contributed by atoms with Crippen molar-refractivity contribution in [2.75, 3.05) is 11.1 Å². The molecule has 1 heterocycles. The summed E-state index contributed by atoms with van der Waals surface area (Å²) >= 11 is 1.40. The maximum absolute atomic E-state index is 12.6. The predicted octanol–water partition coefficient (Wildman–Crippen LogP) is 6.55. The first kappa shape index (κ1) is 25.8. The molecule has 6 nitrogen and oxygen atoms in total. The third-order valence-electron chi connectivity index (χ3n) is 5.49. The van der Waals surface area contributed by atoms with Crippen molar-refractivity contribution < 1.29 is 9.53 Å². The Bertz CT molecular complexity index is 1120. The van der Waals surface area contributed by atoms with Crippen molar-refractivity contribution in [3.05, 3.63) is 65.0 Å². The molecule has 0 saturated heterocycles. The van der Waals surface area contributed by atoms with Crippen LogP contribution >= 0.6 is 11.8 Å². The molecule has 0 fully saturated rings. The van der Waals surface area contributed by atoms with Crippen LogP contribution in [0.15, 0.2) is 47.6 Å². The van der Waals surface area contributed by atoms with Crippen LogP contribution in [-0.2, 0) is 11.3 Å². The summed E-state index contributed by atoms with van der Waals surface area (Å²) < 4.78 is 8.43. The number of para-hydroxylation sites is 1. The number of aromatic nitrogens is 3. The maximum atomic E-state index is 12.6. The molecule has 1 atom stereocenters. The molecule has 182 valence electrons. The molecule has 3 aromatic rings. The van der Waals surface area contributed by atoms with Gasteiger partial charge in [-0.2, -0.15) is 0 Å². The quantitative estimate of drug-likeness (QED) is 0.333. The van der Waals surface area contributed by atoms with E-state index in [9.17, 15) is 4.79 Å². The van der Waals surface area contributed by atoms with E-state index < -0.39 is 0 Å². The molecule has 0 bridgehead atoms. The molecule has 0 saturated carbocycles. The molecule has 0 aliphatic heterocycles. The van der Waals surface area contributed by atoms with Gasteiger partial charge in [-0.25, -0.2) is 0 Å². The molecule has 7 heteroatoms. The van der Waals surface area contributed by atoms with Crippen molar-refractivity contribution in [1.29, 1.82) is 0 Å². The van der Waals surface area contributed by atoms with Crippen molar-refractivity contribution in [3.63, 3.8) is 0 Å².